The summed E-state index contributed by atoms with van der Waals surface area (Å²) < 4.78 is 0. The highest BCUT2D eigenvalue weighted by molar-refractivity contribution is 7.64. The van der Waals surface area contributed by atoms with Gasteiger partial charge in [0.2, 0.25) is 0 Å². The first-order valence-electron chi connectivity index (χ1n) is 5.57. The normalized spacial score (nSPS) is 12.4. The van der Waals surface area contributed by atoms with Crippen LogP contribution in [0.2, 0.25) is 0 Å². The van der Waals surface area contributed by atoms with Gasteiger partial charge in [-0.2, -0.15) is 0 Å². The smallest absolute Gasteiger partial charge is 0.00353 e. The molecule has 2 aromatic rings. The molecule has 0 N–H and O–H groups in total. The summed E-state index contributed by atoms with van der Waals surface area (Å²) in [7, 11) is -0.0616. The van der Waals surface area contributed by atoms with E-state index in [-0.39, 0.29) is 7.92 Å². The Bertz CT molecular complexity index is 431. The van der Waals surface area contributed by atoms with Gasteiger partial charge in [-0.1, -0.05) is 68.1 Å². The average molecular weight is 228 g/mol. The number of hydrogen-bond donors (Lipinski definition) is 0. The summed E-state index contributed by atoms with van der Waals surface area (Å²) in [5.41, 5.74) is 2.78. The third-order valence-electron chi connectivity index (χ3n) is 2.74. The third kappa shape index (κ3) is 2.93. The molecule has 0 amide bonds. The van der Waals surface area contributed by atoms with Crippen molar-refractivity contribution in [3.63, 3.8) is 0 Å². The largest absolute Gasteiger partial charge is 0.0740 e. The molecule has 0 spiro atoms. The minimum Gasteiger partial charge on any atom is -0.0740 e. The highest BCUT2D eigenvalue weighted by atomic mass is 31.1. The maximum atomic E-state index is 2.35. The fraction of sp³-hybridized carbons (Fsp3) is 0.200. The lowest BCUT2D eigenvalue weighted by Crippen LogP contribution is -2.00. The third-order valence-corrected chi connectivity index (χ3v) is 4.76. The lowest BCUT2D eigenvalue weighted by Gasteiger charge is -2.12. The molecule has 0 aliphatic heterocycles. The molecule has 0 aliphatic rings. The van der Waals surface area contributed by atoms with Gasteiger partial charge < -0.3 is 0 Å². The van der Waals surface area contributed by atoms with Crippen LogP contribution < -0.4 is 5.30 Å². The van der Waals surface area contributed by atoms with Gasteiger partial charge in [0.1, 0.15) is 0 Å². The molecule has 0 nitrogen and oxygen atoms in total. The number of rotatable bonds is 3. The van der Waals surface area contributed by atoms with Crippen molar-refractivity contribution in [1.82, 2.24) is 0 Å². The molecule has 1 heteroatoms. The Hall–Kier alpha value is -1.13. The molecule has 0 aromatic heterocycles. The Kier molecular flexibility index (Phi) is 3.74. The highest BCUT2D eigenvalue weighted by Crippen LogP contribution is 2.34. The van der Waals surface area contributed by atoms with Crippen molar-refractivity contribution in [2.24, 2.45) is 0 Å². The predicted octanol–water partition coefficient (Wildman–Crippen LogP) is 3.93. The van der Waals surface area contributed by atoms with Crippen LogP contribution in [0.4, 0.5) is 0 Å². The van der Waals surface area contributed by atoms with Crippen molar-refractivity contribution < 1.29 is 0 Å². The second-order valence-corrected chi connectivity index (χ2v) is 6.41. The van der Waals surface area contributed by atoms with Crippen LogP contribution in [-0.2, 0) is 6.16 Å². The summed E-state index contributed by atoms with van der Waals surface area (Å²) in [6.45, 7) is 4.49. The van der Waals surface area contributed by atoms with Crippen molar-refractivity contribution in [1.29, 1.82) is 0 Å². The van der Waals surface area contributed by atoms with E-state index in [1.165, 1.54) is 22.6 Å². The van der Waals surface area contributed by atoms with Crippen molar-refractivity contribution in [2.75, 3.05) is 6.66 Å². The van der Waals surface area contributed by atoms with E-state index in [9.17, 15) is 0 Å². The van der Waals surface area contributed by atoms with Crippen molar-refractivity contribution in [2.45, 2.75) is 13.1 Å². The van der Waals surface area contributed by atoms with Gasteiger partial charge in [-0.15, -0.1) is 0 Å². The Morgan fingerprint density at radius 3 is 2.12 bits per heavy atom. The predicted molar refractivity (Wildman–Crippen MR) is 73.8 cm³/mol. The van der Waals surface area contributed by atoms with Crippen LogP contribution in [0.3, 0.4) is 0 Å². The lowest BCUT2D eigenvalue weighted by atomic mass is 10.2. The van der Waals surface area contributed by atoms with Crippen LogP contribution in [0.5, 0.6) is 0 Å². The molecule has 16 heavy (non-hydrogen) atoms. The summed E-state index contributed by atoms with van der Waals surface area (Å²) in [5, 5.41) is 1.48. The Labute approximate surface area is 99.1 Å². The van der Waals surface area contributed by atoms with Crippen LogP contribution in [0.15, 0.2) is 54.6 Å². The van der Waals surface area contributed by atoms with E-state index in [1.807, 2.05) is 0 Å². The van der Waals surface area contributed by atoms with E-state index < -0.39 is 0 Å². The van der Waals surface area contributed by atoms with Gasteiger partial charge in [0.15, 0.2) is 0 Å². The van der Waals surface area contributed by atoms with E-state index in [4.69, 9.17) is 0 Å². The molecule has 0 radical (unpaired) electrons. The fourth-order valence-electron chi connectivity index (χ4n) is 1.74. The Balaban J connectivity index is 2.08. The summed E-state index contributed by atoms with van der Waals surface area (Å²) in [4.78, 5) is 0. The van der Waals surface area contributed by atoms with Crippen LogP contribution in [-0.4, -0.2) is 6.66 Å². The molecule has 0 fully saturated rings. The molecular weight excluding hydrogens is 211 g/mol. The van der Waals surface area contributed by atoms with Gasteiger partial charge in [0.25, 0.3) is 0 Å². The molecule has 0 heterocycles. The van der Waals surface area contributed by atoms with Crippen LogP contribution in [0.1, 0.15) is 11.1 Å². The maximum absolute atomic E-state index is 2.35. The molecular formula is C15H17P. The molecule has 2 aromatic carbocycles. The Morgan fingerprint density at radius 1 is 0.875 bits per heavy atom. The molecule has 0 saturated carbocycles. The van der Waals surface area contributed by atoms with E-state index in [0.29, 0.717) is 0 Å². The van der Waals surface area contributed by atoms with Gasteiger partial charge in [0, 0.05) is 0 Å². The molecule has 82 valence electrons. The van der Waals surface area contributed by atoms with Crippen LogP contribution >= 0.6 is 7.92 Å². The van der Waals surface area contributed by atoms with Crippen LogP contribution in [0, 0.1) is 6.92 Å². The molecule has 0 bridgehead atoms. The van der Waals surface area contributed by atoms with Crippen molar-refractivity contribution in [3.8, 4) is 0 Å². The second kappa shape index (κ2) is 5.27. The minimum atomic E-state index is -0.0616. The zero-order valence-corrected chi connectivity index (χ0v) is 10.7. The van der Waals surface area contributed by atoms with Gasteiger partial charge in [-0.05, 0) is 30.6 Å². The van der Waals surface area contributed by atoms with Gasteiger partial charge in [0.05, 0.1) is 0 Å². The molecule has 0 saturated heterocycles. The lowest BCUT2D eigenvalue weighted by molar-refractivity contribution is 1.36. The topological polar surface area (TPSA) is 0 Å². The molecule has 2 rings (SSSR count). The molecule has 1 atom stereocenters. The van der Waals surface area contributed by atoms with Gasteiger partial charge in [-0.25, -0.2) is 0 Å². The van der Waals surface area contributed by atoms with E-state index in [0.717, 1.165) is 0 Å². The van der Waals surface area contributed by atoms with E-state index >= 15 is 0 Å². The number of aryl methyl sites for hydroxylation is 1. The van der Waals surface area contributed by atoms with Crippen molar-refractivity contribution in [3.05, 3.63) is 65.7 Å². The van der Waals surface area contributed by atoms with E-state index in [2.05, 4.69) is 68.2 Å². The first-order valence-corrected chi connectivity index (χ1v) is 7.55. The fourth-order valence-corrected chi connectivity index (χ4v) is 3.36. The van der Waals surface area contributed by atoms with Gasteiger partial charge >= 0.3 is 0 Å². The zero-order chi connectivity index (χ0) is 11.4. The minimum absolute atomic E-state index is 0.0616. The SMILES string of the molecule is Cc1ccc(CP(C)c2ccccc2)cc1. The number of hydrogen-bond acceptors (Lipinski definition) is 0. The quantitative estimate of drug-likeness (QED) is 0.698. The Morgan fingerprint density at radius 2 is 1.50 bits per heavy atom. The molecule has 1 unspecified atom stereocenters. The summed E-state index contributed by atoms with van der Waals surface area (Å²) in [6.07, 6.45) is 1.18. The van der Waals surface area contributed by atoms with Crippen LogP contribution in [0.25, 0.3) is 0 Å². The summed E-state index contributed by atoms with van der Waals surface area (Å²) in [5.74, 6) is 0. The maximum Gasteiger partial charge on any atom is -0.00353 e. The highest BCUT2D eigenvalue weighted by Gasteiger charge is 2.04. The zero-order valence-electron chi connectivity index (χ0n) is 9.85. The van der Waals surface area contributed by atoms with Crippen molar-refractivity contribution >= 4 is 13.2 Å². The number of benzene rings is 2. The monoisotopic (exact) mass is 228 g/mol. The summed E-state index contributed by atoms with van der Waals surface area (Å²) in [6, 6.07) is 19.7. The van der Waals surface area contributed by atoms with E-state index in [1.54, 1.807) is 0 Å². The first-order chi connectivity index (χ1) is 7.75. The summed E-state index contributed by atoms with van der Waals surface area (Å²) >= 11 is 0. The molecule has 0 aliphatic carbocycles. The van der Waals surface area contributed by atoms with Gasteiger partial charge in [-0.3, -0.25) is 0 Å². The first kappa shape index (κ1) is 11.4. The second-order valence-electron chi connectivity index (χ2n) is 4.18. The standard InChI is InChI=1S/C15H17P/c1-13-8-10-14(11-9-13)12-16(2)15-6-4-3-5-7-15/h3-11H,12H2,1-2H3. The average Bonchev–Trinajstić information content (AvgIpc) is 2.33.